The van der Waals surface area contributed by atoms with Crippen molar-refractivity contribution in [3.63, 3.8) is 0 Å². The number of hydrogen-bond acceptors (Lipinski definition) is 3. The van der Waals surface area contributed by atoms with Crippen LogP contribution in [0.5, 0.6) is 0 Å². The van der Waals surface area contributed by atoms with E-state index >= 15 is 0 Å². The molecule has 84 valence electrons. The minimum absolute atomic E-state index is 0.374. The second-order valence-corrected chi connectivity index (χ2v) is 4.99. The fourth-order valence-electron chi connectivity index (χ4n) is 1.84. The number of furan rings is 1. The molecule has 1 saturated heterocycles. The number of ether oxygens (including phenoxy) is 1. The fourth-order valence-corrected chi connectivity index (χ4v) is 2.30. The van der Waals surface area contributed by atoms with Crippen LogP contribution in [0.1, 0.15) is 25.5 Å². The summed E-state index contributed by atoms with van der Waals surface area (Å²) in [7, 11) is 0. The average Bonchev–Trinajstić information content (AvgIpc) is 2.84. The van der Waals surface area contributed by atoms with Crippen molar-refractivity contribution >= 4 is 22.6 Å². The zero-order valence-electron chi connectivity index (χ0n) is 8.83. The highest BCUT2D eigenvalue weighted by Gasteiger charge is 2.21. The van der Waals surface area contributed by atoms with Gasteiger partial charge >= 0.3 is 0 Å². The molecule has 1 N–H and O–H groups in total. The highest BCUT2D eigenvalue weighted by atomic mass is 127. The summed E-state index contributed by atoms with van der Waals surface area (Å²) in [4.78, 5) is 0. The third-order valence-corrected chi connectivity index (χ3v) is 3.33. The van der Waals surface area contributed by atoms with Crippen LogP contribution in [0.4, 0.5) is 0 Å². The molecule has 1 aromatic heterocycles. The van der Waals surface area contributed by atoms with Gasteiger partial charge in [-0.2, -0.15) is 0 Å². The van der Waals surface area contributed by atoms with Gasteiger partial charge in [-0.3, -0.25) is 0 Å². The van der Waals surface area contributed by atoms with Crippen molar-refractivity contribution in [2.24, 2.45) is 0 Å². The van der Waals surface area contributed by atoms with E-state index in [0.717, 1.165) is 22.7 Å². The van der Waals surface area contributed by atoms with Crippen LogP contribution in [0, 0.1) is 3.77 Å². The van der Waals surface area contributed by atoms with Crippen LogP contribution >= 0.6 is 22.6 Å². The molecule has 4 heteroatoms. The van der Waals surface area contributed by atoms with Crippen LogP contribution in [0.2, 0.25) is 0 Å². The Balaban J connectivity index is 1.77. The van der Waals surface area contributed by atoms with Gasteiger partial charge in [0.2, 0.25) is 0 Å². The number of rotatable bonds is 4. The number of nitrogens with one attached hydrogen (secondary N) is 1. The maximum absolute atomic E-state index is 5.61. The summed E-state index contributed by atoms with van der Waals surface area (Å²) in [6.45, 7) is 3.86. The van der Waals surface area contributed by atoms with E-state index < -0.39 is 0 Å². The zero-order chi connectivity index (χ0) is 10.7. The topological polar surface area (TPSA) is 34.4 Å². The SMILES string of the molecule is CC(NCc1ccc(I)o1)C1CCCO1. The molecular weight excluding hydrogens is 305 g/mol. The maximum Gasteiger partial charge on any atom is 0.164 e. The van der Waals surface area contributed by atoms with Gasteiger partial charge in [0.05, 0.1) is 12.6 Å². The Morgan fingerprint density at radius 3 is 3.07 bits per heavy atom. The molecule has 1 aliphatic rings. The van der Waals surface area contributed by atoms with Gasteiger partial charge in [0.15, 0.2) is 3.77 Å². The molecule has 0 radical (unpaired) electrons. The van der Waals surface area contributed by atoms with Crippen LogP contribution in [0.25, 0.3) is 0 Å². The predicted molar refractivity (Wildman–Crippen MR) is 66.7 cm³/mol. The molecule has 0 aliphatic carbocycles. The smallest absolute Gasteiger partial charge is 0.164 e. The summed E-state index contributed by atoms with van der Waals surface area (Å²) in [5.41, 5.74) is 0. The van der Waals surface area contributed by atoms with Gasteiger partial charge in [0.25, 0.3) is 0 Å². The Hall–Kier alpha value is -0.0700. The second-order valence-electron chi connectivity index (χ2n) is 3.93. The van der Waals surface area contributed by atoms with E-state index in [1.165, 1.54) is 12.8 Å². The first-order chi connectivity index (χ1) is 7.25. The molecule has 0 bridgehead atoms. The zero-order valence-corrected chi connectivity index (χ0v) is 11.0. The molecule has 2 rings (SSSR count). The Bertz CT molecular complexity index is 307. The lowest BCUT2D eigenvalue weighted by molar-refractivity contribution is 0.0825. The van der Waals surface area contributed by atoms with E-state index in [1.807, 2.05) is 12.1 Å². The van der Waals surface area contributed by atoms with Gasteiger partial charge in [-0.15, -0.1) is 0 Å². The lowest BCUT2D eigenvalue weighted by atomic mass is 10.1. The van der Waals surface area contributed by atoms with Crippen molar-refractivity contribution in [3.05, 3.63) is 21.7 Å². The van der Waals surface area contributed by atoms with Crippen molar-refractivity contribution < 1.29 is 9.15 Å². The van der Waals surface area contributed by atoms with Gasteiger partial charge in [0, 0.05) is 12.6 Å². The molecule has 0 spiro atoms. The Kier molecular flexibility index (Phi) is 4.05. The highest BCUT2D eigenvalue weighted by Crippen LogP contribution is 2.16. The van der Waals surface area contributed by atoms with Crippen LogP contribution in [-0.2, 0) is 11.3 Å². The van der Waals surface area contributed by atoms with Crippen LogP contribution in [-0.4, -0.2) is 18.8 Å². The predicted octanol–water partition coefficient (Wildman–Crippen LogP) is 2.54. The molecule has 15 heavy (non-hydrogen) atoms. The first-order valence-electron chi connectivity index (χ1n) is 5.35. The molecule has 3 nitrogen and oxygen atoms in total. The molecule has 1 fully saturated rings. The normalized spacial score (nSPS) is 23.2. The van der Waals surface area contributed by atoms with E-state index in [4.69, 9.17) is 9.15 Å². The minimum Gasteiger partial charge on any atom is -0.454 e. The molecule has 2 heterocycles. The molecule has 0 amide bonds. The lowest BCUT2D eigenvalue weighted by Gasteiger charge is -2.19. The first kappa shape index (κ1) is 11.4. The van der Waals surface area contributed by atoms with Crippen molar-refractivity contribution in [1.29, 1.82) is 0 Å². The molecule has 0 saturated carbocycles. The quantitative estimate of drug-likeness (QED) is 0.866. The monoisotopic (exact) mass is 321 g/mol. The summed E-state index contributed by atoms with van der Waals surface area (Å²) < 4.78 is 12.0. The van der Waals surface area contributed by atoms with E-state index in [0.29, 0.717) is 12.1 Å². The molecule has 2 atom stereocenters. The van der Waals surface area contributed by atoms with E-state index in [1.54, 1.807) is 0 Å². The Labute approximate surface area is 104 Å². The van der Waals surface area contributed by atoms with Crippen molar-refractivity contribution in [2.45, 2.75) is 38.5 Å². The van der Waals surface area contributed by atoms with Gasteiger partial charge in [-0.1, -0.05) is 0 Å². The van der Waals surface area contributed by atoms with Crippen LogP contribution in [0.15, 0.2) is 16.5 Å². The summed E-state index contributed by atoms with van der Waals surface area (Å²) in [6, 6.07) is 4.39. The average molecular weight is 321 g/mol. The van der Waals surface area contributed by atoms with Gasteiger partial charge in [-0.05, 0) is 54.5 Å². The Morgan fingerprint density at radius 2 is 2.47 bits per heavy atom. The first-order valence-corrected chi connectivity index (χ1v) is 6.43. The lowest BCUT2D eigenvalue weighted by Crippen LogP contribution is -2.36. The Morgan fingerprint density at radius 1 is 1.60 bits per heavy atom. The second kappa shape index (κ2) is 5.32. The molecule has 2 unspecified atom stereocenters. The highest BCUT2D eigenvalue weighted by molar-refractivity contribution is 14.1. The third-order valence-electron chi connectivity index (χ3n) is 2.75. The summed E-state index contributed by atoms with van der Waals surface area (Å²) in [5.74, 6) is 0.990. The molecule has 0 aromatic carbocycles. The summed E-state index contributed by atoms with van der Waals surface area (Å²) >= 11 is 2.18. The summed E-state index contributed by atoms with van der Waals surface area (Å²) in [5, 5.41) is 3.43. The van der Waals surface area contributed by atoms with E-state index in [-0.39, 0.29) is 0 Å². The van der Waals surface area contributed by atoms with Crippen molar-refractivity contribution in [1.82, 2.24) is 5.32 Å². The van der Waals surface area contributed by atoms with Crippen molar-refractivity contribution in [3.8, 4) is 0 Å². The van der Waals surface area contributed by atoms with Gasteiger partial charge in [-0.25, -0.2) is 0 Å². The standard InChI is InChI=1S/C11H16INO2/c1-8(10-3-2-6-14-10)13-7-9-4-5-11(12)15-9/h4-5,8,10,13H,2-3,6-7H2,1H3. The summed E-state index contributed by atoms with van der Waals surface area (Å²) in [6.07, 6.45) is 2.73. The fraction of sp³-hybridized carbons (Fsp3) is 0.636. The molecular formula is C11H16INO2. The largest absolute Gasteiger partial charge is 0.454 e. The number of halogens is 1. The number of hydrogen-bond donors (Lipinski definition) is 1. The third kappa shape index (κ3) is 3.19. The van der Waals surface area contributed by atoms with E-state index in [2.05, 4.69) is 34.8 Å². The molecule has 1 aromatic rings. The van der Waals surface area contributed by atoms with E-state index in [9.17, 15) is 0 Å². The minimum atomic E-state index is 0.374. The van der Waals surface area contributed by atoms with Crippen LogP contribution < -0.4 is 5.32 Å². The molecule has 1 aliphatic heterocycles. The van der Waals surface area contributed by atoms with Crippen LogP contribution in [0.3, 0.4) is 0 Å². The van der Waals surface area contributed by atoms with Crippen molar-refractivity contribution in [2.75, 3.05) is 6.61 Å². The van der Waals surface area contributed by atoms with Gasteiger partial charge < -0.3 is 14.5 Å². The van der Waals surface area contributed by atoms with Gasteiger partial charge in [0.1, 0.15) is 5.76 Å². The maximum atomic E-state index is 5.61.